The van der Waals surface area contributed by atoms with E-state index in [9.17, 15) is 27.7 Å². The molecule has 2 amide bonds. The second kappa shape index (κ2) is 18.6. The molecule has 2 aromatic heterocycles. The predicted octanol–water partition coefficient (Wildman–Crippen LogP) is 6.11. The first-order valence-corrected chi connectivity index (χ1v) is 35.6. The van der Waals surface area contributed by atoms with Gasteiger partial charge in [-0.3, -0.25) is 4.79 Å². The number of amidine groups is 4. The monoisotopic (exact) mass is 1090 g/mol. The van der Waals surface area contributed by atoms with Gasteiger partial charge in [0.1, 0.15) is 0 Å². The summed E-state index contributed by atoms with van der Waals surface area (Å²) in [6, 6.07) is 34.5. The number of carbonyl (C=O) groups is 3. The van der Waals surface area contributed by atoms with E-state index in [2.05, 4.69) is 102 Å². The molecule has 0 aliphatic carbocycles. The van der Waals surface area contributed by atoms with Gasteiger partial charge in [-0.1, -0.05) is 0 Å². The zero-order valence-corrected chi connectivity index (χ0v) is 47.1. The van der Waals surface area contributed by atoms with E-state index < -0.39 is 30.4 Å². The number of ether oxygens (including phenoxy) is 3. The van der Waals surface area contributed by atoms with E-state index in [0.717, 1.165) is 43.8 Å². The number of aliphatic imine (C=N–C) groups is 2. The fraction of sp³-hybridized carbons (Fsp3) is 0.364. The molecule has 400 valence electrons. The van der Waals surface area contributed by atoms with Crippen molar-refractivity contribution in [3.63, 3.8) is 0 Å². The maximum absolute atomic E-state index is 13.3. The standard InChI is InChI=1S/C55H64N10O9Si3/c1-70-30-31-71-32-33-72-36-46(67)57-29-17-35-76(4,5)74-77(73-75(2,3)34-16-28-56-45(66)26-14-15-27-47(68)69)62-48-37-18-6-7-19-38(37)49(62)59-51-41-22-10-11-23-42(41)53(64(51)77)61-55-44-25-13-12-24-43(44)54(65(55)77)60-52-40-21-9-8-20-39(40)50(58-48)63(52)77/h6-13,18-25H,14-17,26-36H2,1-5H3,(H,56,66)(H,57,67)(H,68,69). The Hall–Kier alpha value is -6.90. The van der Waals surface area contributed by atoms with Crippen LogP contribution >= 0.6 is 0 Å². The van der Waals surface area contributed by atoms with Crippen molar-refractivity contribution in [3.05, 3.63) is 130 Å². The molecule has 22 heteroatoms. The van der Waals surface area contributed by atoms with Crippen molar-refractivity contribution in [2.75, 3.05) is 53.2 Å². The number of carbonyl (C=O) groups excluding carboxylic acids is 2. The van der Waals surface area contributed by atoms with Gasteiger partial charge in [-0.15, -0.1) is 0 Å². The van der Waals surface area contributed by atoms with Gasteiger partial charge in [-0.25, -0.2) is 0 Å². The second-order valence-electron chi connectivity index (χ2n) is 21.9. The van der Waals surface area contributed by atoms with E-state index >= 15 is 0 Å². The molecule has 8 heterocycles. The fourth-order valence-corrected chi connectivity index (χ4v) is 35.3. The zero-order valence-electron chi connectivity index (χ0n) is 44.1. The summed E-state index contributed by atoms with van der Waals surface area (Å²) in [7, 11) is -11.9. The average molecular weight is 1090 g/mol. The number of nitrogens with one attached hydrogen (secondary N) is 2. The third kappa shape index (κ3) is 7.40. The van der Waals surface area contributed by atoms with Gasteiger partial charge in [0.25, 0.3) is 0 Å². The number of fused-ring (bicyclic) bond motifs is 12. The topological polar surface area (TPSA) is 207 Å². The van der Waals surface area contributed by atoms with Gasteiger partial charge in [0.15, 0.2) is 0 Å². The molecule has 0 fully saturated rings. The Morgan fingerprint density at radius 1 is 0.558 bits per heavy atom. The molecular weight excluding hydrogens is 1030 g/mol. The van der Waals surface area contributed by atoms with Gasteiger partial charge < -0.3 is 9.84 Å². The molecule has 6 aromatic rings. The number of hydrogen-bond donors (Lipinski definition) is 3. The summed E-state index contributed by atoms with van der Waals surface area (Å²) < 4.78 is 43.8. The van der Waals surface area contributed by atoms with Crippen LogP contribution in [0.25, 0.3) is 21.5 Å². The maximum atomic E-state index is 13.3. The van der Waals surface area contributed by atoms with E-state index in [1.165, 1.54) is 0 Å². The Kier molecular flexibility index (Phi) is 12.3. The number of amides is 2. The molecule has 77 heavy (non-hydrogen) atoms. The molecule has 1 spiro atoms. The first-order valence-electron chi connectivity index (χ1n) is 26.8. The number of carboxylic acids is 1. The molecule has 12 rings (SSSR count). The van der Waals surface area contributed by atoms with E-state index in [-0.39, 0.29) is 37.9 Å². The number of rotatable bonds is 25. The Morgan fingerprint density at radius 2 is 1.01 bits per heavy atom. The minimum absolute atomic E-state index is 0.0289. The quantitative estimate of drug-likeness (QED) is 0.0446. The van der Waals surface area contributed by atoms with Crippen molar-refractivity contribution < 1.29 is 50.4 Å². The summed E-state index contributed by atoms with van der Waals surface area (Å²) in [6.45, 7) is 11.3. The van der Waals surface area contributed by atoms with Gasteiger partial charge >= 0.3 is 414 Å². The van der Waals surface area contributed by atoms with Crippen molar-refractivity contribution in [1.82, 2.24) is 19.1 Å². The molecule has 0 saturated heterocycles. The number of methoxy groups -OCH3 is 1. The Balaban J connectivity index is 1.09. The average Bonchev–Trinajstić information content (AvgIpc) is 1.66. The summed E-state index contributed by atoms with van der Waals surface area (Å²) >= 11 is 0. The molecule has 3 N–H and O–H groups in total. The fourth-order valence-electron chi connectivity index (χ4n) is 13.0. The van der Waals surface area contributed by atoms with Crippen LogP contribution in [0.2, 0.25) is 38.3 Å². The molecule has 6 aliphatic rings. The molecular formula is C55H64N10O9Si3. The first kappa shape index (κ1) is 50.9. The van der Waals surface area contributed by atoms with E-state index in [1.807, 2.05) is 48.5 Å². The number of aliphatic carboxylic acids is 1. The normalized spacial score (nSPS) is 17.9. The third-order valence-corrected chi connectivity index (χ3v) is 32.4. The van der Waals surface area contributed by atoms with Crippen molar-refractivity contribution >= 4 is 98.7 Å². The van der Waals surface area contributed by atoms with Gasteiger partial charge in [-0.05, 0) is 0 Å². The van der Waals surface area contributed by atoms with Crippen LogP contribution in [-0.2, 0) is 36.8 Å². The van der Waals surface area contributed by atoms with Crippen molar-refractivity contribution in [1.29, 1.82) is 0 Å². The van der Waals surface area contributed by atoms with E-state index in [4.69, 9.17) is 34.2 Å². The number of nitrogens with zero attached hydrogens (tertiary/aromatic N) is 8. The SMILES string of the molecule is COCCOCCOCC(=O)NCCC[Si](C)(C)O[Si-2]123(O[Si](C)(C)CCCNC(=O)CCCCC(=O)O)n4c5c6ccccc6c4N=C4c6ccccc6C(=[N+]41)N=c1c4ccccc4c(n12)=NC1=[N+]3C(=N5)c2ccccc21. The number of carboxylic acid groups (broad SMARTS) is 1. The molecule has 0 bridgehead atoms. The minimum atomic E-state index is -6.93. The summed E-state index contributed by atoms with van der Waals surface area (Å²) in [5, 5.41) is 19.0. The number of benzene rings is 4. The van der Waals surface area contributed by atoms with Gasteiger partial charge in [-0.2, -0.15) is 0 Å². The van der Waals surface area contributed by atoms with Crippen LogP contribution in [0.4, 0.5) is 11.6 Å². The molecule has 4 aromatic carbocycles. The van der Waals surface area contributed by atoms with Crippen LogP contribution in [0.1, 0.15) is 60.8 Å². The first-order chi connectivity index (χ1) is 37.2. The van der Waals surface area contributed by atoms with Crippen molar-refractivity contribution in [2.45, 2.75) is 76.8 Å². The number of hydrogen-bond acceptors (Lipinski definition) is 12. The Morgan fingerprint density at radius 3 is 1.53 bits per heavy atom. The third-order valence-electron chi connectivity index (χ3n) is 15.7. The van der Waals surface area contributed by atoms with Gasteiger partial charge in [0.05, 0.1) is 13.2 Å². The summed E-state index contributed by atoms with van der Waals surface area (Å²) in [6.07, 6.45) is 2.39. The van der Waals surface area contributed by atoms with Crippen LogP contribution in [0.15, 0.2) is 117 Å². The number of aromatic nitrogens is 2. The predicted molar refractivity (Wildman–Crippen MR) is 298 cm³/mol. The van der Waals surface area contributed by atoms with Crippen molar-refractivity contribution in [2.24, 2.45) is 20.0 Å². The van der Waals surface area contributed by atoms with Crippen LogP contribution in [0, 0.1) is 0 Å². The van der Waals surface area contributed by atoms with Crippen LogP contribution in [-0.4, -0.2) is 141 Å². The summed E-state index contributed by atoms with van der Waals surface area (Å²) in [4.78, 5) is 60.9. The molecule has 19 nitrogen and oxygen atoms in total. The van der Waals surface area contributed by atoms with Crippen LogP contribution in [0.5, 0.6) is 0 Å². The molecule has 0 radical (unpaired) electrons. The van der Waals surface area contributed by atoms with Gasteiger partial charge in [0.2, 0.25) is 0 Å². The van der Waals surface area contributed by atoms with E-state index in [1.54, 1.807) is 7.11 Å². The van der Waals surface area contributed by atoms with Crippen LogP contribution in [0.3, 0.4) is 0 Å². The van der Waals surface area contributed by atoms with E-state index in [0.29, 0.717) is 117 Å². The van der Waals surface area contributed by atoms with Gasteiger partial charge in [0, 0.05) is 7.11 Å². The van der Waals surface area contributed by atoms with Crippen LogP contribution < -0.4 is 21.6 Å². The molecule has 0 saturated carbocycles. The number of unbranched alkanes of at least 4 members (excludes halogenated alkanes) is 1. The summed E-state index contributed by atoms with van der Waals surface area (Å²) in [5.74, 6) is 2.72. The second-order valence-corrected chi connectivity index (χ2v) is 36.2. The molecule has 0 unspecified atom stereocenters. The summed E-state index contributed by atoms with van der Waals surface area (Å²) in [5.41, 5.74) is 4.86. The molecule has 6 aliphatic heterocycles. The Bertz CT molecular complexity index is 3630. The van der Waals surface area contributed by atoms with Crippen molar-refractivity contribution in [3.8, 4) is 0 Å². The Labute approximate surface area is 446 Å². The molecule has 0 atom stereocenters. The zero-order chi connectivity index (χ0) is 53.4.